The van der Waals surface area contributed by atoms with E-state index in [0.29, 0.717) is 32.9 Å². The van der Waals surface area contributed by atoms with Crippen LogP contribution in [0.1, 0.15) is 18.4 Å². The minimum absolute atomic E-state index is 0.0788. The lowest BCUT2D eigenvalue weighted by Crippen LogP contribution is -2.34. The smallest absolute Gasteiger partial charge is 0.340 e. The van der Waals surface area contributed by atoms with Gasteiger partial charge in [0.25, 0.3) is 5.91 Å². The Kier molecular flexibility index (Phi) is 7.99. The van der Waals surface area contributed by atoms with E-state index >= 15 is 0 Å². The number of rotatable bonds is 6. The maximum Gasteiger partial charge on any atom is 0.340 e. The van der Waals surface area contributed by atoms with Crippen molar-refractivity contribution in [2.45, 2.75) is 13.5 Å². The molecule has 194 valence electrons. The summed E-state index contributed by atoms with van der Waals surface area (Å²) in [7, 11) is 1.23. The van der Waals surface area contributed by atoms with Gasteiger partial charge >= 0.3 is 17.8 Å². The zero-order chi connectivity index (χ0) is 27.4. The summed E-state index contributed by atoms with van der Waals surface area (Å²) in [6.07, 6.45) is 1.42. The molecule has 11 heteroatoms. The highest BCUT2D eigenvalue weighted by atomic mass is 35.5. The first kappa shape index (κ1) is 26.7. The number of halogens is 2. The van der Waals surface area contributed by atoms with Gasteiger partial charge in [-0.1, -0.05) is 29.3 Å². The number of hydrogen-bond donors (Lipinski definition) is 2. The van der Waals surface area contributed by atoms with Gasteiger partial charge in [0.1, 0.15) is 11.5 Å². The summed E-state index contributed by atoms with van der Waals surface area (Å²) in [4.78, 5) is 51.6. The van der Waals surface area contributed by atoms with Crippen LogP contribution in [0.3, 0.4) is 0 Å². The maximum absolute atomic E-state index is 13.3. The molecular weight excluding hydrogens is 533 g/mol. The lowest BCUT2D eigenvalue weighted by Gasteiger charge is -2.17. The Labute approximate surface area is 227 Å². The highest BCUT2D eigenvalue weighted by Crippen LogP contribution is 2.36. The van der Waals surface area contributed by atoms with Crippen LogP contribution in [0.2, 0.25) is 10.0 Å². The van der Waals surface area contributed by atoms with E-state index in [4.69, 9.17) is 32.4 Å². The van der Waals surface area contributed by atoms with Gasteiger partial charge in [0.2, 0.25) is 0 Å². The molecule has 2 aromatic carbocycles. The predicted octanol–water partition coefficient (Wildman–Crippen LogP) is 4.72. The van der Waals surface area contributed by atoms with Gasteiger partial charge in [-0.2, -0.15) is 0 Å². The standard InChI is InChI=1S/C27H21Cl2N3O6/c1-15-23(27(36)37-2)22(26(35)32(15)19-8-6-16(28)7-9-19)13-20-10-11-21(38-20)14-30-24(33)25(34)31-18-5-3-4-17(29)12-18/h3-13H,14H2,1-2H3,(H,30,33)(H,31,34)/b22-13+. The summed E-state index contributed by atoms with van der Waals surface area (Å²) in [5, 5.41) is 5.82. The van der Waals surface area contributed by atoms with Gasteiger partial charge in [-0.05, 0) is 67.6 Å². The molecular formula is C27H21Cl2N3O6. The molecule has 0 saturated carbocycles. The van der Waals surface area contributed by atoms with Crippen LogP contribution in [-0.2, 0) is 30.5 Å². The van der Waals surface area contributed by atoms with Crippen molar-refractivity contribution < 1.29 is 28.3 Å². The molecule has 3 amide bonds. The first-order valence-corrected chi connectivity index (χ1v) is 12.0. The van der Waals surface area contributed by atoms with Crippen molar-refractivity contribution in [2.75, 3.05) is 17.3 Å². The Morgan fingerprint density at radius 3 is 2.42 bits per heavy atom. The minimum atomic E-state index is -0.877. The molecule has 2 N–H and O–H groups in total. The van der Waals surface area contributed by atoms with Crippen LogP contribution in [-0.4, -0.2) is 30.8 Å². The summed E-state index contributed by atoms with van der Waals surface area (Å²) in [6, 6.07) is 16.1. The molecule has 1 aromatic heterocycles. The largest absolute Gasteiger partial charge is 0.465 e. The number of ether oxygens (including phenoxy) is 1. The number of nitrogens with zero attached hydrogens (tertiary/aromatic N) is 1. The monoisotopic (exact) mass is 553 g/mol. The zero-order valence-electron chi connectivity index (χ0n) is 20.2. The summed E-state index contributed by atoms with van der Waals surface area (Å²) in [5.74, 6) is -2.30. The van der Waals surface area contributed by atoms with E-state index in [0.717, 1.165) is 0 Å². The quantitative estimate of drug-likeness (QED) is 0.259. The van der Waals surface area contributed by atoms with E-state index in [1.807, 2.05) is 0 Å². The normalized spacial score (nSPS) is 14.2. The number of nitrogens with one attached hydrogen (secondary N) is 2. The summed E-state index contributed by atoms with van der Waals surface area (Å²) in [5.41, 5.74) is 1.47. The van der Waals surface area contributed by atoms with Gasteiger partial charge in [-0.3, -0.25) is 19.3 Å². The average Bonchev–Trinajstić information content (AvgIpc) is 3.44. The van der Waals surface area contributed by atoms with Crippen LogP contribution in [0.4, 0.5) is 11.4 Å². The number of allylic oxidation sites excluding steroid dienone is 1. The highest BCUT2D eigenvalue weighted by molar-refractivity contribution is 6.39. The fraction of sp³-hybridized carbons (Fsp3) is 0.111. The topological polar surface area (TPSA) is 118 Å². The zero-order valence-corrected chi connectivity index (χ0v) is 21.7. The van der Waals surface area contributed by atoms with Crippen molar-refractivity contribution >= 4 is 64.3 Å². The van der Waals surface area contributed by atoms with Crippen LogP contribution < -0.4 is 15.5 Å². The molecule has 1 aliphatic heterocycles. The molecule has 0 spiro atoms. The van der Waals surface area contributed by atoms with Crippen LogP contribution in [0.5, 0.6) is 0 Å². The number of amides is 3. The van der Waals surface area contributed by atoms with Crippen molar-refractivity contribution in [1.29, 1.82) is 0 Å². The second-order valence-electron chi connectivity index (χ2n) is 8.08. The SMILES string of the molecule is COC(=O)C1=C(C)N(c2ccc(Cl)cc2)C(=O)/C1=C/c1ccc(CNC(=O)C(=O)Nc2cccc(Cl)c2)o1. The number of carbonyl (C=O) groups is 4. The van der Waals surface area contributed by atoms with E-state index in [2.05, 4.69) is 10.6 Å². The van der Waals surface area contributed by atoms with Crippen LogP contribution in [0.25, 0.3) is 6.08 Å². The van der Waals surface area contributed by atoms with Crippen molar-refractivity contribution in [3.05, 3.63) is 99.1 Å². The lowest BCUT2D eigenvalue weighted by molar-refractivity contribution is -0.136. The van der Waals surface area contributed by atoms with Gasteiger partial charge in [-0.25, -0.2) is 4.79 Å². The highest BCUT2D eigenvalue weighted by Gasteiger charge is 2.38. The van der Waals surface area contributed by atoms with Crippen LogP contribution in [0, 0.1) is 0 Å². The number of hydrogen-bond acceptors (Lipinski definition) is 6. The van der Waals surface area contributed by atoms with Crippen molar-refractivity contribution in [2.24, 2.45) is 0 Å². The van der Waals surface area contributed by atoms with Gasteiger partial charge in [-0.15, -0.1) is 0 Å². The fourth-order valence-corrected chi connectivity index (χ4v) is 4.11. The Bertz CT molecular complexity index is 1490. The van der Waals surface area contributed by atoms with E-state index in [1.165, 1.54) is 24.2 Å². The Balaban J connectivity index is 1.49. The number of anilines is 2. The number of esters is 1. The van der Waals surface area contributed by atoms with Gasteiger partial charge in [0, 0.05) is 27.1 Å². The van der Waals surface area contributed by atoms with E-state index in [1.54, 1.807) is 61.5 Å². The molecule has 9 nitrogen and oxygen atoms in total. The minimum Gasteiger partial charge on any atom is -0.465 e. The second kappa shape index (κ2) is 11.4. The third-order valence-electron chi connectivity index (χ3n) is 5.56. The molecule has 4 rings (SSSR count). The molecule has 0 saturated heterocycles. The van der Waals surface area contributed by atoms with E-state index < -0.39 is 23.7 Å². The Morgan fingerprint density at radius 2 is 1.74 bits per heavy atom. The maximum atomic E-state index is 13.3. The van der Waals surface area contributed by atoms with Gasteiger partial charge < -0.3 is 19.8 Å². The molecule has 2 heterocycles. The van der Waals surface area contributed by atoms with E-state index in [9.17, 15) is 19.2 Å². The molecule has 1 aliphatic rings. The molecule has 38 heavy (non-hydrogen) atoms. The van der Waals surface area contributed by atoms with E-state index in [-0.39, 0.29) is 23.5 Å². The van der Waals surface area contributed by atoms with Crippen molar-refractivity contribution in [3.63, 3.8) is 0 Å². The predicted molar refractivity (Wildman–Crippen MR) is 142 cm³/mol. The third-order valence-corrected chi connectivity index (χ3v) is 6.04. The molecule has 3 aromatic rings. The van der Waals surface area contributed by atoms with Gasteiger partial charge in [0.15, 0.2) is 0 Å². The number of benzene rings is 2. The summed E-state index contributed by atoms with van der Waals surface area (Å²) in [6.45, 7) is 1.55. The Hall–Kier alpha value is -4.34. The molecule has 0 fully saturated rings. The first-order valence-electron chi connectivity index (χ1n) is 11.2. The van der Waals surface area contributed by atoms with Crippen LogP contribution in [0.15, 0.2) is 81.9 Å². The molecule has 0 atom stereocenters. The number of furan rings is 1. The van der Waals surface area contributed by atoms with Gasteiger partial charge in [0.05, 0.1) is 24.8 Å². The first-order chi connectivity index (χ1) is 18.2. The van der Waals surface area contributed by atoms with Crippen molar-refractivity contribution in [3.8, 4) is 0 Å². The molecule has 0 radical (unpaired) electrons. The lowest BCUT2D eigenvalue weighted by atomic mass is 10.1. The fourth-order valence-electron chi connectivity index (χ4n) is 3.79. The number of methoxy groups -OCH3 is 1. The molecule has 0 unspecified atom stereocenters. The summed E-state index contributed by atoms with van der Waals surface area (Å²) < 4.78 is 10.6. The third kappa shape index (κ3) is 5.80. The molecule has 0 bridgehead atoms. The van der Waals surface area contributed by atoms with Crippen LogP contribution >= 0.6 is 23.2 Å². The second-order valence-corrected chi connectivity index (χ2v) is 8.95. The molecule has 0 aliphatic carbocycles. The number of carbonyl (C=O) groups excluding carboxylic acids is 4. The Morgan fingerprint density at radius 1 is 1.00 bits per heavy atom. The average molecular weight is 554 g/mol. The summed E-state index contributed by atoms with van der Waals surface area (Å²) >= 11 is 11.9. The van der Waals surface area contributed by atoms with Crippen molar-refractivity contribution in [1.82, 2.24) is 5.32 Å².